The third-order valence-electron chi connectivity index (χ3n) is 4.26. The van der Waals surface area contributed by atoms with Gasteiger partial charge >= 0.3 is 0 Å². The van der Waals surface area contributed by atoms with Gasteiger partial charge < -0.3 is 5.32 Å². The first-order chi connectivity index (χ1) is 11.4. The molecule has 1 aromatic carbocycles. The number of hydrogen-bond donors (Lipinski definition) is 1. The number of amides is 1. The van der Waals surface area contributed by atoms with Crippen molar-refractivity contribution in [2.24, 2.45) is 0 Å². The number of sulfonamides is 1. The SMILES string of the molecule is Cc1nc2ccc(S(=O)(=O)N(C)CC(=O)NC3CCCC3)cc2s1. The number of rotatable bonds is 5. The van der Waals surface area contributed by atoms with Gasteiger partial charge in [0, 0.05) is 13.1 Å². The summed E-state index contributed by atoms with van der Waals surface area (Å²) in [6, 6.07) is 5.06. The minimum absolute atomic E-state index is 0.168. The second-order valence-electron chi connectivity index (χ2n) is 6.17. The largest absolute Gasteiger partial charge is 0.352 e. The summed E-state index contributed by atoms with van der Waals surface area (Å²) in [6.45, 7) is 1.72. The van der Waals surface area contributed by atoms with Gasteiger partial charge in [0.2, 0.25) is 15.9 Å². The Morgan fingerprint density at radius 2 is 2.08 bits per heavy atom. The van der Waals surface area contributed by atoms with Crippen LogP contribution in [0.5, 0.6) is 0 Å². The van der Waals surface area contributed by atoms with Crippen LogP contribution in [0.25, 0.3) is 10.2 Å². The number of thiazole rings is 1. The maximum absolute atomic E-state index is 12.7. The van der Waals surface area contributed by atoms with E-state index < -0.39 is 10.0 Å². The van der Waals surface area contributed by atoms with Crippen molar-refractivity contribution in [2.45, 2.75) is 43.5 Å². The van der Waals surface area contributed by atoms with Crippen LogP contribution in [0.4, 0.5) is 0 Å². The minimum atomic E-state index is -3.70. The van der Waals surface area contributed by atoms with Gasteiger partial charge in [-0.1, -0.05) is 12.8 Å². The zero-order valence-corrected chi connectivity index (χ0v) is 15.4. The van der Waals surface area contributed by atoms with E-state index in [-0.39, 0.29) is 23.4 Å². The summed E-state index contributed by atoms with van der Waals surface area (Å²) in [5, 5.41) is 3.81. The molecule has 24 heavy (non-hydrogen) atoms. The van der Waals surface area contributed by atoms with Crippen molar-refractivity contribution >= 4 is 37.5 Å². The zero-order valence-electron chi connectivity index (χ0n) is 13.8. The van der Waals surface area contributed by atoms with Gasteiger partial charge in [-0.15, -0.1) is 11.3 Å². The van der Waals surface area contributed by atoms with Crippen LogP contribution in [0.15, 0.2) is 23.1 Å². The molecule has 2 aromatic rings. The molecule has 1 heterocycles. The summed E-state index contributed by atoms with van der Waals surface area (Å²) in [4.78, 5) is 16.6. The molecule has 0 radical (unpaired) electrons. The van der Waals surface area contributed by atoms with Gasteiger partial charge in [0.25, 0.3) is 0 Å². The molecule has 0 atom stereocenters. The Balaban J connectivity index is 1.73. The van der Waals surface area contributed by atoms with Gasteiger partial charge in [0.15, 0.2) is 0 Å². The lowest BCUT2D eigenvalue weighted by Crippen LogP contribution is -2.41. The number of carbonyl (C=O) groups is 1. The van der Waals surface area contributed by atoms with Gasteiger partial charge in [0.1, 0.15) is 0 Å². The molecule has 0 aliphatic heterocycles. The smallest absolute Gasteiger partial charge is 0.243 e. The number of nitrogens with one attached hydrogen (secondary N) is 1. The Labute approximate surface area is 145 Å². The standard InChI is InChI=1S/C16H21N3O3S2/c1-11-17-14-8-7-13(9-15(14)23-11)24(21,22)19(2)10-16(20)18-12-5-3-4-6-12/h7-9,12H,3-6,10H2,1-2H3,(H,18,20). The normalized spacial score (nSPS) is 16.1. The fraction of sp³-hybridized carbons (Fsp3) is 0.500. The molecule has 1 aliphatic carbocycles. The van der Waals surface area contributed by atoms with E-state index in [0.717, 1.165) is 45.2 Å². The molecule has 0 spiro atoms. The second-order valence-corrected chi connectivity index (χ2v) is 9.45. The van der Waals surface area contributed by atoms with Crippen molar-refractivity contribution in [1.29, 1.82) is 0 Å². The van der Waals surface area contributed by atoms with Crippen molar-refractivity contribution in [2.75, 3.05) is 13.6 Å². The molecule has 1 aromatic heterocycles. The fourth-order valence-corrected chi connectivity index (χ4v) is 5.09. The van der Waals surface area contributed by atoms with Gasteiger partial charge in [0.05, 0.1) is 26.7 Å². The third-order valence-corrected chi connectivity index (χ3v) is 6.99. The number of hydrogen-bond acceptors (Lipinski definition) is 5. The van der Waals surface area contributed by atoms with Crippen molar-refractivity contribution in [3.8, 4) is 0 Å². The van der Waals surface area contributed by atoms with Crippen molar-refractivity contribution < 1.29 is 13.2 Å². The lowest BCUT2D eigenvalue weighted by atomic mass is 10.2. The van der Waals surface area contributed by atoms with E-state index in [2.05, 4.69) is 10.3 Å². The van der Waals surface area contributed by atoms with Crippen LogP contribution in [0.2, 0.25) is 0 Å². The molecule has 1 N–H and O–H groups in total. The number of benzene rings is 1. The van der Waals surface area contributed by atoms with Crippen LogP contribution in [-0.2, 0) is 14.8 Å². The number of likely N-dealkylation sites (N-methyl/N-ethyl adjacent to an activating group) is 1. The van der Waals surface area contributed by atoms with Crippen LogP contribution < -0.4 is 5.32 Å². The average Bonchev–Trinajstić information content (AvgIpc) is 3.14. The summed E-state index contributed by atoms with van der Waals surface area (Å²) >= 11 is 1.46. The highest BCUT2D eigenvalue weighted by Crippen LogP contribution is 2.26. The first-order valence-corrected chi connectivity index (χ1v) is 10.2. The Kier molecular flexibility index (Phi) is 4.89. The molecular formula is C16H21N3O3S2. The topological polar surface area (TPSA) is 79.4 Å². The van der Waals surface area contributed by atoms with Gasteiger partial charge in [-0.2, -0.15) is 4.31 Å². The Morgan fingerprint density at radius 3 is 2.79 bits per heavy atom. The van der Waals surface area contributed by atoms with Gasteiger partial charge in [-0.3, -0.25) is 4.79 Å². The highest BCUT2D eigenvalue weighted by atomic mass is 32.2. The molecule has 0 unspecified atom stereocenters. The quantitative estimate of drug-likeness (QED) is 0.879. The van der Waals surface area contributed by atoms with E-state index in [1.807, 2.05) is 6.92 Å². The van der Waals surface area contributed by atoms with E-state index in [9.17, 15) is 13.2 Å². The summed E-state index contributed by atoms with van der Waals surface area (Å²) < 4.78 is 27.3. The Morgan fingerprint density at radius 1 is 1.38 bits per heavy atom. The van der Waals surface area contributed by atoms with Crippen LogP contribution in [0.1, 0.15) is 30.7 Å². The summed E-state index contributed by atoms with van der Waals surface area (Å²) in [5.41, 5.74) is 0.790. The Hall–Kier alpha value is -1.51. The van der Waals surface area contributed by atoms with E-state index in [0.29, 0.717) is 0 Å². The number of aromatic nitrogens is 1. The van der Waals surface area contributed by atoms with E-state index >= 15 is 0 Å². The predicted octanol–water partition coefficient (Wildman–Crippen LogP) is 2.28. The molecule has 1 fully saturated rings. The van der Waals surface area contributed by atoms with Crippen molar-refractivity contribution in [3.05, 3.63) is 23.2 Å². The van der Waals surface area contributed by atoms with Crippen LogP contribution >= 0.6 is 11.3 Å². The first-order valence-electron chi connectivity index (χ1n) is 7.99. The highest BCUT2D eigenvalue weighted by molar-refractivity contribution is 7.89. The molecule has 130 valence electrons. The lowest BCUT2D eigenvalue weighted by Gasteiger charge is -2.18. The van der Waals surface area contributed by atoms with Gasteiger partial charge in [-0.05, 0) is 38.0 Å². The Bertz CT molecular complexity index is 855. The minimum Gasteiger partial charge on any atom is -0.352 e. The average molecular weight is 367 g/mol. The maximum Gasteiger partial charge on any atom is 0.243 e. The van der Waals surface area contributed by atoms with Gasteiger partial charge in [-0.25, -0.2) is 13.4 Å². The van der Waals surface area contributed by atoms with Crippen LogP contribution in [0.3, 0.4) is 0 Å². The van der Waals surface area contributed by atoms with E-state index in [4.69, 9.17) is 0 Å². The van der Waals surface area contributed by atoms with E-state index in [1.165, 1.54) is 18.4 Å². The molecule has 3 rings (SSSR count). The molecule has 0 bridgehead atoms. The monoisotopic (exact) mass is 367 g/mol. The molecule has 8 heteroatoms. The number of nitrogens with zero attached hydrogens (tertiary/aromatic N) is 2. The fourth-order valence-electron chi connectivity index (χ4n) is 2.99. The number of carbonyl (C=O) groups excluding carboxylic acids is 1. The summed E-state index contributed by atoms with van der Waals surface area (Å²) in [6.07, 6.45) is 4.19. The lowest BCUT2D eigenvalue weighted by molar-refractivity contribution is -0.121. The first kappa shape index (κ1) is 17.3. The van der Waals surface area contributed by atoms with E-state index in [1.54, 1.807) is 18.2 Å². The van der Waals surface area contributed by atoms with Crippen molar-refractivity contribution in [1.82, 2.24) is 14.6 Å². The number of aryl methyl sites for hydroxylation is 1. The molecule has 6 nitrogen and oxygen atoms in total. The van der Waals surface area contributed by atoms with Crippen molar-refractivity contribution in [3.63, 3.8) is 0 Å². The molecule has 0 saturated heterocycles. The molecule has 1 saturated carbocycles. The summed E-state index contributed by atoms with van der Waals surface area (Å²) in [7, 11) is -2.26. The second kappa shape index (κ2) is 6.78. The molecule has 1 amide bonds. The summed E-state index contributed by atoms with van der Waals surface area (Å²) in [5.74, 6) is -0.248. The number of fused-ring (bicyclic) bond motifs is 1. The molecular weight excluding hydrogens is 346 g/mol. The highest BCUT2D eigenvalue weighted by Gasteiger charge is 2.25. The van der Waals surface area contributed by atoms with Crippen LogP contribution in [-0.4, -0.2) is 43.2 Å². The molecule has 1 aliphatic rings. The zero-order chi connectivity index (χ0) is 17.3. The maximum atomic E-state index is 12.7. The van der Waals surface area contributed by atoms with Crippen LogP contribution in [0, 0.1) is 6.92 Å². The predicted molar refractivity (Wildman–Crippen MR) is 94.6 cm³/mol. The third kappa shape index (κ3) is 3.60.